The van der Waals surface area contributed by atoms with Gasteiger partial charge in [-0.1, -0.05) is 18.9 Å². The summed E-state index contributed by atoms with van der Waals surface area (Å²) in [4.78, 5) is 4.12. The van der Waals surface area contributed by atoms with Crippen LogP contribution >= 0.6 is 0 Å². The lowest BCUT2D eigenvalue weighted by atomic mass is 9.86. The summed E-state index contributed by atoms with van der Waals surface area (Å²) in [5.41, 5.74) is 0.290. The lowest BCUT2D eigenvalue weighted by Crippen LogP contribution is -2.33. The summed E-state index contributed by atoms with van der Waals surface area (Å²) in [6.07, 6.45) is 4.88. The van der Waals surface area contributed by atoms with Gasteiger partial charge < -0.3 is 15.4 Å². The molecule has 1 aliphatic carbocycles. The topological polar surface area (TPSA) is 65.4 Å². The van der Waals surface area contributed by atoms with Gasteiger partial charge in [-0.05, 0) is 25.0 Å². The van der Waals surface area contributed by atoms with Crippen molar-refractivity contribution in [3.63, 3.8) is 0 Å². The van der Waals surface area contributed by atoms with Crippen molar-refractivity contribution in [1.82, 2.24) is 4.98 Å². The van der Waals surface area contributed by atoms with Crippen LogP contribution in [0.5, 0.6) is 0 Å². The van der Waals surface area contributed by atoms with E-state index in [9.17, 15) is 0 Å². The Bertz CT molecular complexity index is 327. The van der Waals surface area contributed by atoms with Gasteiger partial charge in [-0.25, -0.2) is 4.98 Å². The Morgan fingerprint density at radius 3 is 2.67 bits per heavy atom. The van der Waals surface area contributed by atoms with E-state index in [2.05, 4.69) is 10.3 Å². The largest absolute Gasteiger partial charge is 0.508 e. The van der Waals surface area contributed by atoms with Crippen LogP contribution in [0.4, 0.5) is 5.82 Å². The van der Waals surface area contributed by atoms with E-state index in [-0.39, 0.29) is 5.59 Å². The fourth-order valence-electron chi connectivity index (χ4n) is 1.95. The highest BCUT2D eigenvalue weighted by Gasteiger charge is 2.17. The maximum atomic E-state index is 8.97. The van der Waals surface area contributed by atoms with Gasteiger partial charge in [0.05, 0.1) is 5.59 Å². The molecule has 1 aliphatic rings. The van der Waals surface area contributed by atoms with Crippen LogP contribution in [-0.2, 0) is 0 Å². The van der Waals surface area contributed by atoms with Gasteiger partial charge in [-0.15, -0.1) is 0 Å². The van der Waals surface area contributed by atoms with Gasteiger partial charge in [0.25, 0.3) is 0 Å². The molecule has 3 N–H and O–H groups in total. The number of pyridine rings is 1. The van der Waals surface area contributed by atoms with E-state index in [1.807, 2.05) is 6.07 Å². The second kappa shape index (κ2) is 4.64. The summed E-state index contributed by atoms with van der Waals surface area (Å²) in [5, 5.41) is 21.3. The molecular weight excluding hydrogens is 191 g/mol. The SMILES string of the molecule is OB(O)c1cccc(NC2CCCC2)n1. The lowest BCUT2D eigenvalue weighted by Gasteiger charge is -2.13. The van der Waals surface area contributed by atoms with Gasteiger partial charge in [0.15, 0.2) is 0 Å². The molecule has 1 aromatic rings. The number of hydrogen-bond acceptors (Lipinski definition) is 4. The Hall–Kier alpha value is -1.07. The minimum Gasteiger partial charge on any atom is -0.422 e. The number of aromatic nitrogens is 1. The Balaban J connectivity index is 2.04. The molecule has 1 aromatic heterocycles. The molecule has 80 valence electrons. The summed E-state index contributed by atoms with van der Waals surface area (Å²) in [6.45, 7) is 0. The fourth-order valence-corrected chi connectivity index (χ4v) is 1.95. The first kappa shape index (κ1) is 10.5. The molecule has 0 saturated heterocycles. The van der Waals surface area contributed by atoms with Crippen molar-refractivity contribution in [2.45, 2.75) is 31.7 Å². The standard InChI is InChI=1S/C10H15BN2O2/c14-11(15)9-6-3-7-10(13-9)12-8-4-1-2-5-8/h3,6-8,14-15H,1-2,4-5H2,(H,12,13). The summed E-state index contributed by atoms with van der Waals surface area (Å²) in [6, 6.07) is 5.72. The Labute approximate surface area is 89.5 Å². The van der Waals surface area contributed by atoms with Crippen molar-refractivity contribution in [3.05, 3.63) is 18.2 Å². The van der Waals surface area contributed by atoms with Gasteiger partial charge in [0.1, 0.15) is 5.82 Å². The van der Waals surface area contributed by atoms with E-state index in [0.29, 0.717) is 6.04 Å². The number of nitrogens with one attached hydrogen (secondary N) is 1. The van der Waals surface area contributed by atoms with E-state index in [1.165, 1.54) is 25.7 Å². The van der Waals surface area contributed by atoms with E-state index < -0.39 is 7.12 Å². The fraction of sp³-hybridized carbons (Fsp3) is 0.500. The first-order valence-corrected chi connectivity index (χ1v) is 5.35. The minimum absolute atomic E-state index is 0.290. The molecule has 15 heavy (non-hydrogen) atoms. The van der Waals surface area contributed by atoms with Crippen LogP contribution in [0.1, 0.15) is 25.7 Å². The smallest absolute Gasteiger partial charge is 0.422 e. The van der Waals surface area contributed by atoms with Gasteiger partial charge in [0, 0.05) is 6.04 Å². The number of hydrogen-bond donors (Lipinski definition) is 3. The average Bonchev–Trinajstić information content (AvgIpc) is 2.71. The second-order valence-corrected chi connectivity index (χ2v) is 3.95. The molecule has 0 aromatic carbocycles. The molecule has 4 nitrogen and oxygen atoms in total. The predicted molar refractivity (Wildman–Crippen MR) is 59.9 cm³/mol. The van der Waals surface area contributed by atoms with Crippen molar-refractivity contribution in [3.8, 4) is 0 Å². The highest BCUT2D eigenvalue weighted by atomic mass is 16.4. The first-order chi connectivity index (χ1) is 7.25. The summed E-state index contributed by atoms with van der Waals surface area (Å²) >= 11 is 0. The summed E-state index contributed by atoms with van der Waals surface area (Å²) in [7, 11) is -1.49. The molecule has 0 bridgehead atoms. The van der Waals surface area contributed by atoms with Crippen molar-refractivity contribution < 1.29 is 10.0 Å². The van der Waals surface area contributed by atoms with Crippen LogP contribution in [0.3, 0.4) is 0 Å². The van der Waals surface area contributed by atoms with Gasteiger partial charge in [-0.3, -0.25) is 0 Å². The Kier molecular flexibility index (Phi) is 3.23. The zero-order chi connectivity index (χ0) is 10.7. The molecule has 0 amide bonds. The molecular formula is C10H15BN2O2. The maximum absolute atomic E-state index is 8.97. The molecule has 0 radical (unpaired) electrons. The molecule has 5 heteroatoms. The normalized spacial score (nSPS) is 16.7. The van der Waals surface area contributed by atoms with Crippen LogP contribution in [-0.4, -0.2) is 28.2 Å². The number of anilines is 1. The van der Waals surface area contributed by atoms with Crippen LogP contribution < -0.4 is 10.9 Å². The first-order valence-electron chi connectivity index (χ1n) is 5.35. The van der Waals surface area contributed by atoms with E-state index >= 15 is 0 Å². The van der Waals surface area contributed by atoms with Gasteiger partial charge in [-0.2, -0.15) is 0 Å². The van der Waals surface area contributed by atoms with Crippen LogP contribution in [0.15, 0.2) is 18.2 Å². The molecule has 2 rings (SSSR count). The van der Waals surface area contributed by atoms with E-state index in [0.717, 1.165) is 5.82 Å². The zero-order valence-corrected chi connectivity index (χ0v) is 8.56. The zero-order valence-electron chi connectivity index (χ0n) is 8.56. The third-order valence-corrected chi connectivity index (χ3v) is 2.74. The minimum atomic E-state index is -1.49. The monoisotopic (exact) mass is 206 g/mol. The third kappa shape index (κ3) is 2.70. The van der Waals surface area contributed by atoms with Crippen molar-refractivity contribution in [2.24, 2.45) is 0 Å². The molecule has 0 atom stereocenters. The number of rotatable bonds is 3. The molecule has 0 spiro atoms. The quantitative estimate of drug-likeness (QED) is 0.614. The van der Waals surface area contributed by atoms with E-state index in [1.54, 1.807) is 12.1 Å². The predicted octanol–water partition coefficient (Wildman–Crippen LogP) is 0.116. The highest BCUT2D eigenvalue weighted by molar-refractivity contribution is 6.57. The van der Waals surface area contributed by atoms with Gasteiger partial charge in [0.2, 0.25) is 0 Å². The Morgan fingerprint density at radius 1 is 1.27 bits per heavy atom. The molecule has 0 unspecified atom stereocenters. The second-order valence-electron chi connectivity index (χ2n) is 3.95. The summed E-state index contributed by atoms with van der Waals surface area (Å²) < 4.78 is 0. The highest BCUT2D eigenvalue weighted by Crippen LogP contribution is 2.20. The Morgan fingerprint density at radius 2 is 2.00 bits per heavy atom. The van der Waals surface area contributed by atoms with Gasteiger partial charge >= 0.3 is 7.12 Å². The third-order valence-electron chi connectivity index (χ3n) is 2.74. The molecule has 0 aliphatic heterocycles. The van der Waals surface area contributed by atoms with Crippen molar-refractivity contribution in [1.29, 1.82) is 0 Å². The summed E-state index contributed by atoms with van der Waals surface area (Å²) in [5.74, 6) is 0.729. The van der Waals surface area contributed by atoms with Crippen LogP contribution in [0.2, 0.25) is 0 Å². The van der Waals surface area contributed by atoms with Crippen LogP contribution in [0, 0.1) is 0 Å². The average molecular weight is 206 g/mol. The lowest BCUT2D eigenvalue weighted by molar-refractivity contribution is 0.424. The molecule has 1 heterocycles. The maximum Gasteiger partial charge on any atom is 0.508 e. The van der Waals surface area contributed by atoms with Crippen LogP contribution in [0.25, 0.3) is 0 Å². The molecule has 1 fully saturated rings. The van der Waals surface area contributed by atoms with Crippen molar-refractivity contribution >= 4 is 18.5 Å². The van der Waals surface area contributed by atoms with E-state index in [4.69, 9.17) is 10.0 Å². The van der Waals surface area contributed by atoms with Crippen molar-refractivity contribution in [2.75, 3.05) is 5.32 Å². The molecule has 1 saturated carbocycles. The number of nitrogens with zero attached hydrogens (tertiary/aromatic N) is 1.